The van der Waals surface area contributed by atoms with Gasteiger partial charge >= 0.3 is 0 Å². The average Bonchev–Trinajstić information content (AvgIpc) is 2.31. The smallest absolute Gasteiger partial charge is 0.0388 e. The molecule has 0 N–H and O–H groups in total. The molecular formula is C11H22. The van der Waals surface area contributed by atoms with Crippen LogP contribution in [0.1, 0.15) is 52.9 Å². The summed E-state index contributed by atoms with van der Waals surface area (Å²) in [6, 6.07) is 0. The summed E-state index contributed by atoms with van der Waals surface area (Å²) in [5.41, 5.74) is 0. The summed E-state index contributed by atoms with van der Waals surface area (Å²) < 4.78 is 0. The van der Waals surface area contributed by atoms with Gasteiger partial charge in [0.2, 0.25) is 0 Å². The van der Waals surface area contributed by atoms with E-state index in [-0.39, 0.29) is 0 Å². The van der Waals surface area contributed by atoms with Gasteiger partial charge < -0.3 is 0 Å². The van der Waals surface area contributed by atoms with Crippen molar-refractivity contribution in [2.75, 3.05) is 0 Å². The molecule has 1 aliphatic carbocycles. The Labute approximate surface area is 71.4 Å². The zero-order chi connectivity index (χ0) is 8.27. The van der Waals surface area contributed by atoms with Gasteiger partial charge in [-0.05, 0) is 24.2 Å². The maximum absolute atomic E-state index is 2.43. The molecule has 0 aromatic rings. The van der Waals surface area contributed by atoms with Crippen molar-refractivity contribution < 1.29 is 0 Å². The van der Waals surface area contributed by atoms with Crippen LogP contribution in [0.15, 0.2) is 0 Å². The zero-order valence-electron chi connectivity index (χ0n) is 8.27. The maximum atomic E-state index is 2.43. The SMILES string of the molecule is CC(C)CC[C@@H]1CCC[C@@H]1C. The third kappa shape index (κ3) is 2.84. The van der Waals surface area contributed by atoms with Crippen LogP contribution in [0.5, 0.6) is 0 Å². The third-order valence-electron chi connectivity index (χ3n) is 3.15. The highest BCUT2D eigenvalue weighted by molar-refractivity contribution is 4.74. The van der Waals surface area contributed by atoms with Gasteiger partial charge in [0.25, 0.3) is 0 Å². The van der Waals surface area contributed by atoms with E-state index in [4.69, 9.17) is 0 Å². The van der Waals surface area contributed by atoms with Gasteiger partial charge in [0.05, 0.1) is 0 Å². The van der Waals surface area contributed by atoms with Crippen molar-refractivity contribution in [3.63, 3.8) is 0 Å². The lowest BCUT2D eigenvalue weighted by Crippen LogP contribution is -2.04. The molecule has 66 valence electrons. The van der Waals surface area contributed by atoms with Gasteiger partial charge in [-0.15, -0.1) is 0 Å². The van der Waals surface area contributed by atoms with E-state index >= 15 is 0 Å². The van der Waals surface area contributed by atoms with Gasteiger partial charge in [-0.2, -0.15) is 0 Å². The average molecular weight is 154 g/mol. The van der Waals surface area contributed by atoms with E-state index in [0.717, 1.165) is 17.8 Å². The first kappa shape index (κ1) is 9.09. The molecule has 0 heteroatoms. The Kier molecular flexibility index (Phi) is 3.42. The summed E-state index contributed by atoms with van der Waals surface area (Å²) in [7, 11) is 0. The first-order valence-corrected chi connectivity index (χ1v) is 5.20. The van der Waals surface area contributed by atoms with E-state index in [1.54, 1.807) is 0 Å². The summed E-state index contributed by atoms with van der Waals surface area (Å²) in [4.78, 5) is 0. The van der Waals surface area contributed by atoms with Gasteiger partial charge in [0.1, 0.15) is 0 Å². The van der Waals surface area contributed by atoms with Crippen molar-refractivity contribution in [2.45, 2.75) is 52.9 Å². The fraction of sp³-hybridized carbons (Fsp3) is 1.00. The summed E-state index contributed by atoms with van der Waals surface area (Å²) in [6.45, 7) is 7.09. The van der Waals surface area contributed by atoms with Crippen LogP contribution in [0.25, 0.3) is 0 Å². The molecule has 0 aromatic heterocycles. The molecule has 1 fully saturated rings. The highest BCUT2D eigenvalue weighted by Crippen LogP contribution is 2.34. The molecule has 0 heterocycles. The molecule has 0 nitrogen and oxygen atoms in total. The third-order valence-corrected chi connectivity index (χ3v) is 3.15. The molecule has 0 aliphatic heterocycles. The lowest BCUT2D eigenvalue weighted by Gasteiger charge is -2.15. The van der Waals surface area contributed by atoms with E-state index in [1.165, 1.54) is 32.1 Å². The van der Waals surface area contributed by atoms with E-state index in [2.05, 4.69) is 20.8 Å². The first-order valence-electron chi connectivity index (χ1n) is 5.20. The normalized spacial score (nSPS) is 31.6. The Balaban J connectivity index is 2.15. The maximum Gasteiger partial charge on any atom is -0.0388 e. The van der Waals surface area contributed by atoms with E-state index in [9.17, 15) is 0 Å². The minimum absolute atomic E-state index is 0.905. The molecule has 1 rings (SSSR count). The lowest BCUT2D eigenvalue weighted by atomic mass is 9.90. The van der Waals surface area contributed by atoms with Crippen molar-refractivity contribution in [1.29, 1.82) is 0 Å². The summed E-state index contributed by atoms with van der Waals surface area (Å²) in [5, 5.41) is 0. The zero-order valence-corrected chi connectivity index (χ0v) is 8.27. The summed E-state index contributed by atoms with van der Waals surface area (Å²) in [5.74, 6) is 2.99. The molecule has 0 radical (unpaired) electrons. The fourth-order valence-electron chi connectivity index (χ4n) is 2.20. The van der Waals surface area contributed by atoms with Crippen LogP contribution in [0.2, 0.25) is 0 Å². The molecule has 0 saturated heterocycles. The van der Waals surface area contributed by atoms with E-state index in [0.29, 0.717) is 0 Å². The molecule has 11 heavy (non-hydrogen) atoms. The van der Waals surface area contributed by atoms with Crippen LogP contribution < -0.4 is 0 Å². The standard InChI is InChI=1S/C11H22/c1-9(2)7-8-11-6-4-5-10(11)3/h9-11H,4-8H2,1-3H3/t10-,11-/m0/s1. The van der Waals surface area contributed by atoms with Crippen LogP contribution in [0, 0.1) is 17.8 Å². The van der Waals surface area contributed by atoms with Gasteiger partial charge in [-0.1, -0.05) is 46.5 Å². The second-order valence-electron chi connectivity index (χ2n) is 4.64. The van der Waals surface area contributed by atoms with Crippen molar-refractivity contribution in [2.24, 2.45) is 17.8 Å². The van der Waals surface area contributed by atoms with E-state index < -0.39 is 0 Å². The topological polar surface area (TPSA) is 0 Å². The van der Waals surface area contributed by atoms with Crippen LogP contribution in [-0.4, -0.2) is 0 Å². The highest BCUT2D eigenvalue weighted by Gasteiger charge is 2.22. The van der Waals surface area contributed by atoms with Crippen molar-refractivity contribution in [3.8, 4) is 0 Å². The molecule has 1 saturated carbocycles. The van der Waals surface area contributed by atoms with Crippen molar-refractivity contribution in [1.82, 2.24) is 0 Å². The largest absolute Gasteiger partial charge is 0.0628 e. The molecule has 0 unspecified atom stereocenters. The Hall–Kier alpha value is 0. The van der Waals surface area contributed by atoms with Crippen LogP contribution in [0.3, 0.4) is 0 Å². The summed E-state index contributed by atoms with van der Waals surface area (Å²) in [6.07, 6.45) is 7.41. The van der Waals surface area contributed by atoms with Gasteiger partial charge in [-0.25, -0.2) is 0 Å². The number of hydrogen-bond acceptors (Lipinski definition) is 0. The summed E-state index contributed by atoms with van der Waals surface area (Å²) >= 11 is 0. The van der Waals surface area contributed by atoms with Crippen molar-refractivity contribution in [3.05, 3.63) is 0 Å². The number of rotatable bonds is 3. The predicted molar refractivity (Wildman–Crippen MR) is 50.6 cm³/mol. The van der Waals surface area contributed by atoms with E-state index in [1.807, 2.05) is 0 Å². The second-order valence-corrected chi connectivity index (χ2v) is 4.64. The molecular weight excluding hydrogens is 132 g/mol. The minimum atomic E-state index is 0.905. The van der Waals surface area contributed by atoms with Crippen LogP contribution in [-0.2, 0) is 0 Å². The Morgan fingerprint density at radius 3 is 2.45 bits per heavy atom. The fourth-order valence-corrected chi connectivity index (χ4v) is 2.20. The monoisotopic (exact) mass is 154 g/mol. The number of hydrogen-bond donors (Lipinski definition) is 0. The molecule has 2 atom stereocenters. The molecule has 0 spiro atoms. The van der Waals surface area contributed by atoms with Gasteiger partial charge in [0, 0.05) is 0 Å². The van der Waals surface area contributed by atoms with Crippen molar-refractivity contribution >= 4 is 0 Å². The Morgan fingerprint density at radius 1 is 1.27 bits per heavy atom. The van der Waals surface area contributed by atoms with Crippen LogP contribution in [0.4, 0.5) is 0 Å². The molecule has 0 bridgehead atoms. The quantitative estimate of drug-likeness (QED) is 0.579. The molecule has 0 amide bonds. The minimum Gasteiger partial charge on any atom is -0.0628 e. The Morgan fingerprint density at radius 2 is 2.00 bits per heavy atom. The predicted octanol–water partition coefficient (Wildman–Crippen LogP) is 3.86. The van der Waals surface area contributed by atoms with Gasteiger partial charge in [-0.3, -0.25) is 0 Å². The lowest BCUT2D eigenvalue weighted by molar-refractivity contribution is 0.357. The second kappa shape index (κ2) is 4.13. The molecule has 0 aromatic carbocycles. The van der Waals surface area contributed by atoms with Crippen LogP contribution >= 0.6 is 0 Å². The molecule has 1 aliphatic rings. The Bertz CT molecular complexity index is 105. The van der Waals surface area contributed by atoms with Gasteiger partial charge in [0.15, 0.2) is 0 Å². The first-order chi connectivity index (χ1) is 5.20. The highest BCUT2D eigenvalue weighted by atomic mass is 14.3.